The number of rotatable bonds is 5. The fourth-order valence-electron chi connectivity index (χ4n) is 1.77. The summed E-state index contributed by atoms with van der Waals surface area (Å²) in [5.74, 6) is -0.689. The molecule has 2 aromatic rings. The number of hydrogen-bond acceptors (Lipinski definition) is 5. The summed E-state index contributed by atoms with van der Waals surface area (Å²) in [5, 5.41) is 8.84. The molecule has 0 aliphatic rings. The number of carbonyl (C=O) groups is 1. The van der Waals surface area contributed by atoms with Crippen LogP contribution in [0, 0.1) is 0 Å². The Morgan fingerprint density at radius 2 is 2.00 bits per heavy atom. The van der Waals surface area contributed by atoms with Gasteiger partial charge in [0.05, 0.1) is 24.6 Å². The Balaban J connectivity index is 2.42. The molecule has 112 valence electrons. The molecule has 0 spiro atoms. The van der Waals surface area contributed by atoms with Crippen LogP contribution in [0.25, 0.3) is 11.3 Å². The number of carboxylic acid groups (broad SMARTS) is 1. The van der Waals surface area contributed by atoms with E-state index in [0.29, 0.717) is 22.8 Å². The molecule has 0 amide bonds. The number of furan rings is 1. The second-order valence-electron chi connectivity index (χ2n) is 4.26. The van der Waals surface area contributed by atoms with Gasteiger partial charge in [-0.15, -0.1) is 0 Å². The van der Waals surface area contributed by atoms with E-state index in [0.717, 1.165) is 6.26 Å². The first-order chi connectivity index (χ1) is 9.80. The highest BCUT2D eigenvalue weighted by molar-refractivity contribution is 7.92. The summed E-state index contributed by atoms with van der Waals surface area (Å²) >= 11 is 0. The van der Waals surface area contributed by atoms with Crippen molar-refractivity contribution in [3.8, 4) is 17.1 Å². The Labute approximate surface area is 121 Å². The number of methoxy groups -OCH3 is 1. The van der Waals surface area contributed by atoms with Crippen molar-refractivity contribution in [2.45, 2.75) is 0 Å². The van der Waals surface area contributed by atoms with Gasteiger partial charge in [0.1, 0.15) is 11.5 Å². The van der Waals surface area contributed by atoms with Gasteiger partial charge in [-0.3, -0.25) is 4.72 Å². The van der Waals surface area contributed by atoms with Crippen LogP contribution in [0.5, 0.6) is 5.75 Å². The summed E-state index contributed by atoms with van der Waals surface area (Å²) in [5.41, 5.74) is 0.854. The minimum Gasteiger partial charge on any atom is -0.496 e. The van der Waals surface area contributed by atoms with Crippen LogP contribution >= 0.6 is 0 Å². The minimum absolute atomic E-state index is 0.189. The molecule has 1 aromatic carbocycles. The van der Waals surface area contributed by atoms with Gasteiger partial charge >= 0.3 is 5.97 Å². The van der Waals surface area contributed by atoms with Crippen molar-refractivity contribution >= 4 is 21.7 Å². The quantitative estimate of drug-likeness (QED) is 0.875. The van der Waals surface area contributed by atoms with E-state index in [1.165, 1.54) is 31.4 Å². The second-order valence-corrected chi connectivity index (χ2v) is 6.01. The van der Waals surface area contributed by atoms with Gasteiger partial charge < -0.3 is 14.3 Å². The molecule has 21 heavy (non-hydrogen) atoms. The lowest BCUT2D eigenvalue weighted by Crippen LogP contribution is -2.09. The molecule has 0 saturated carbocycles. The fraction of sp³-hybridized carbons (Fsp3) is 0.154. The highest BCUT2D eigenvalue weighted by atomic mass is 32.2. The average Bonchev–Trinajstić information content (AvgIpc) is 2.86. The fourth-order valence-corrected chi connectivity index (χ4v) is 2.33. The molecule has 0 unspecified atom stereocenters. The van der Waals surface area contributed by atoms with Crippen LogP contribution in [0.3, 0.4) is 0 Å². The van der Waals surface area contributed by atoms with E-state index >= 15 is 0 Å². The monoisotopic (exact) mass is 311 g/mol. The number of nitrogens with one attached hydrogen (secondary N) is 1. The normalized spacial score (nSPS) is 11.1. The van der Waals surface area contributed by atoms with E-state index in [-0.39, 0.29) is 5.76 Å². The third-order valence-corrected chi connectivity index (χ3v) is 3.19. The lowest BCUT2D eigenvalue weighted by atomic mass is 10.1. The largest absolute Gasteiger partial charge is 0.496 e. The van der Waals surface area contributed by atoms with Gasteiger partial charge in [0.2, 0.25) is 15.8 Å². The maximum Gasteiger partial charge on any atom is 0.371 e. The number of aromatic carboxylic acids is 1. The number of sulfonamides is 1. The van der Waals surface area contributed by atoms with Gasteiger partial charge in [0.15, 0.2) is 0 Å². The van der Waals surface area contributed by atoms with Gasteiger partial charge in [-0.1, -0.05) is 0 Å². The lowest BCUT2D eigenvalue weighted by Gasteiger charge is -2.09. The van der Waals surface area contributed by atoms with Crippen LogP contribution < -0.4 is 9.46 Å². The van der Waals surface area contributed by atoms with Crippen molar-refractivity contribution in [1.29, 1.82) is 0 Å². The molecule has 1 heterocycles. The summed E-state index contributed by atoms with van der Waals surface area (Å²) in [6, 6.07) is 7.43. The molecule has 7 nitrogen and oxygen atoms in total. The molecule has 0 radical (unpaired) electrons. The van der Waals surface area contributed by atoms with Gasteiger partial charge in [0, 0.05) is 6.07 Å². The van der Waals surface area contributed by atoms with E-state index < -0.39 is 16.0 Å². The predicted molar refractivity (Wildman–Crippen MR) is 76.1 cm³/mol. The smallest absolute Gasteiger partial charge is 0.371 e. The van der Waals surface area contributed by atoms with Crippen LogP contribution in [-0.2, 0) is 10.0 Å². The van der Waals surface area contributed by atoms with Crippen LogP contribution in [-0.4, -0.2) is 32.9 Å². The first-order valence-corrected chi connectivity index (χ1v) is 7.68. The van der Waals surface area contributed by atoms with Gasteiger partial charge in [-0.2, -0.15) is 0 Å². The van der Waals surface area contributed by atoms with E-state index in [4.69, 9.17) is 14.3 Å². The van der Waals surface area contributed by atoms with Crippen molar-refractivity contribution in [2.75, 3.05) is 18.1 Å². The molecule has 0 aliphatic heterocycles. The zero-order valence-electron chi connectivity index (χ0n) is 11.3. The molecule has 2 N–H and O–H groups in total. The lowest BCUT2D eigenvalue weighted by molar-refractivity contribution is 0.0663. The van der Waals surface area contributed by atoms with Crippen molar-refractivity contribution in [2.24, 2.45) is 0 Å². The third kappa shape index (κ3) is 3.54. The number of hydrogen-bond donors (Lipinski definition) is 2. The summed E-state index contributed by atoms with van der Waals surface area (Å²) in [6.45, 7) is 0. The summed E-state index contributed by atoms with van der Waals surface area (Å²) < 4.78 is 35.1. The van der Waals surface area contributed by atoms with Crippen LogP contribution in [0.15, 0.2) is 34.7 Å². The van der Waals surface area contributed by atoms with Gasteiger partial charge in [-0.25, -0.2) is 13.2 Å². The number of benzene rings is 1. The Kier molecular flexibility index (Phi) is 3.90. The highest BCUT2D eigenvalue weighted by Crippen LogP contribution is 2.33. The SMILES string of the molecule is COc1cc(NS(C)(=O)=O)ccc1-c1ccc(C(=O)O)o1. The van der Waals surface area contributed by atoms with E-state index in [1.54, 1.807) is 6.07 Å². The molecule has 8 heteroatoms. The van der Waals surface area contributed by atoms with Crippen LogP contribution in [0.1, 0.15) is 10.6 Å². The average molecular weight is 311 g/mol. The van der Waals surface area contributed by atoms with Crippen molar-refractivity contribution in [1.82, 2.24) is 0 Å². The van der Waals surface area contributed by atoms with Crippen molar-refractivity contribution < 1.29 is 27.5 Å². The minimum atomic E-state index is -3.39. The van der Waals surface area contributed by atoms with E-state index in [9.17, 15) is 13.2 Å². The zero-order valence-corrected chi connectivity index (χ0v) is 12.1. The standard InChI is InChI=1S/C13H13NO6S/c1-19-12-7-8(14-21(2,17)18)3-4-9(12)10-5-6-11(20-10)13(15)16/h3-7,14H,1-2H3,(H,15,16). The molecule has 0 aliphatic carbocycles. The van der Waals surface area contributed by atoms with Crippen molar-refractivity contribution in [3.63, 3.8) is 0 Å². The molecule has 0 fully saturated rings. The zero-order chi connectivity index (χ0) is 15.6. The second kappa shape index (κ2) is 5.49. The first kappa shape index (κ1) is 14.9. The molecule has 1 aromatic heterocycles. The maximum atomic E-state index is 11.2. The van der Waals surface area contributed by atoms with Crippen molar-refractivity contribution in [3.05, 3.63) is 36.1 Å². The van der Waals surface area contributed by atoms with E-state index in [1.807, 2.05) is 0 Å². The Bertz CT molecular complexity index is 778. The topological polar surface area (TPSA) is 106 Å². The molecule has 0 atom stereocenters. The molecule has 2 rings (SSSR count). The summed E-state index contributed by atoms with van der Waals surface area (Å²) in [4.78, 5) is 10.8. The molecule has 0 bridgehead atoms. The predicted octanol–water partition coefficient (Wildman–Crippen LogP) is 2.02. The van der Waals surface area contributed by atoms with Crippen LogP contribution in [0.2, 0.25) is 0 Å². The molecular weight excluding hydrogens is 298 g/mol. The summed E-state index contributed by atoms with van der Waals surface area (Å²) in [6.07, 6.45) is 1.04. The highest BCUT2D eigenvalue weighted by Gasteiger charge is 2.15. The third-order valence-electron chi connectivity index (χ3n) is 2.59. The maximum absolute atomic E-state index is 11.2. The number of carboxylic acids is 1. The first-order valence-electron chi connectivity index (χ1n) is 5.79. The number of anilines is 1. The van der Waals surface area contributed by atoms with Gasteiger partial charge in [0.25, 0.3) is 0 Å². The van der Waals surface area contributed by atoms with Crippen LogP contribution in [0.4, 0.5) is 5.69 Å². The van der Waals surface area contributed by atoms with Gasteiger partial charge in [-0.05, 0) is 24.3 Å². The Hall–Kier alpha value is -2.48. The summed E-state index contributed by atoms with van der Waals surface area (Å²) in [7, 11) is -1.97. The Morgan fingerprint density at radius 3 is 2.52 bits per heavy atom. The number of ether oxygens (including phenoxy) is 1. The molecular formula is C13H13NO6S. The Morgan fingerprint density at radius 1 is 1.29 bits per heavy atom. The molecule has 0 saturated heterocycles. The van der Waals surface area contributed by atoms with E-state index in [2.05, 4.69) is 4.72 Å².